The summed E-state index contributed by atoms with van der Waals surface area (Å²) in [7, 11) is 1.42. The number of halogens is 1. The van der Waals surface area contributed by atoms with Crippen LogP contribution in [-0.4, -0.2) is 34.7 Å². The van der Waals surface area contributed by atoms with Gasteiger partial charge < -0.3 is 20.5 Å². The van der Waals surface area contributed by atoms with Gasteiger partial charge in [-0.3, -0.25) is 4.79 Å². The molecule has 0 bridgehead atoms. The van der Waals surface area contributed by atoms with Crippen LogP contribution in [0.15, 0.2) is 29.8 Å². The summed E-state index contributed by atoms with van der Waals surface area (Å²) in [5, 5.41) is 16.2. The first-order valence-corrected chi connectivity index (χ1v) is 8.65. The fourth-order valence-corrected chi connectivity index (χ4v) is 3.18. The second-order valence-electron chi connectivity index (χ2n) is 6.28. The van der Waals surface area contributed by atoms with Gasteiger partial charge in [-0.25, -0.2) is 14.2 Å². The fraction of sp³-hybridized carbons (Fsp3) is 0.353. The first-order valence-electron chi connectivity index (χ1n) is 7.77. The number of hydrogen-bond acceptors (Lipinski definition) is 5. The van der Waals surface area contributed by atoms with Gasteiger partial charge in [-0.2, -0.15) is 0 Å². The SMILES string of the molecule is COc1ccc(F)cc1C(CC(C)(C)NC(=O)O)C(=O)Nc1nccs1. The third-order valence-corrected chi connectivity index (χ3v) is 4.39. The monoisotopic (exact) mass is 381 g/mol. The van der Waals surface area contributed by atoms with Crippen LogP contribution in [0.25, 0.3) is 0 Å². The highest BCUT2D eigenvalue weighted by atomic mass is 32.1. The Balaban J connectivity index is 2.39. The highest BCUT2D eigenvalue weighted by Gasteiger charge is 2.33. The predicted molar refractivity (Wildman–Crippen MR) is 96.3 cm³/mol. The Morgan fingerprint density at radius 3 is 2.73 bits per heavy atom. The van der Waals surface area contributed by atoms with Crippen molar-refractivity contribution in [3.05, 3.63) is 41.2 Å². The Bertz CT molecular complexity index is 780. The number of rotatable bonds is 7. The minimum Gasteiger partial charge on any atom is -0.496 e. The Kier molecular flexibility index (Phi) is 6.14. The molecule has 0 aliphatic heterocycles. The first kappa shape index (κ1) is 19.6. The van der Waals surface area contributed by atoms with E-state index in [1.54, 1.807) is 25.4 Å². The lowest BCUT2D eigenvalue weighted by atomic mass is 9.84. The number of benzene rings is 1. The van der Waals surface area contributed by atoms with E-state index in [-0.39, 0.29) is 6.42 Å². The van der Waals surface area contributed by atoms with Crippen LogP contribution in [0, 0.1) is 5.82 Å². The minimum atomic E-state index is -1.21. The molecular formula is C17H20FN3O4S. The van der Waals surface area contributed by atoms with E-state index >= 15 is 0 Å². The third-order valence-electron chi connectivity index (χ3n) is 3.71. The van der Waals surface area contributed by atoms with Crippen molar-refractivity contribution in [1.29, 1.82) is 0 Å². The summed E-state index contributed by atoms with van der Waals surface area (Å²) < 4.78 is 19.1. The average molecular weight is 381 g/mol. The third kappa shape index (κ3) is 5.16. The van der Waals surface area contributed by atoms with Gasteiger partial charge in [0, 0.05) is 22.7 Å². The Hall–Kier alpha value is -2.68. The predicted octanol–water partition coefficient (Wildman–Crippen LogP) is 3.45. The number of aromatic nitrogens is 1. The number of thiazole rings is 1. The fourth-order valence-electron chi connectivity index (χ4n) is 2.65. The summed E-state index contributed by atoms with van der Waals surface area (Å²) in [6.07, 6.45) is 0.435. The molecular weight excluding hydrogens is 361 g/mol. The molecule has 0 fully saturated rings. The lowest BCUT2D eigenvalue weighted by Gasteiger charge is -2.29. The van der Waals surface area contributed by atoms with Gasteiger partial charge in [0.05, 0.1) is 13.0 Å². The van der Waals surface area contributed by atoms with E-state index in [1.165, 1.54) is 36.6 Å². The lowest BCUT2D eigenvalue weighted by molar-refractivity contribution is -0.118. The van der Waals surface area contributed by atoms with Crippen molar-refractivity contribution in [1.82, 2.24) is 10.3 Å². The molecule has 140 valence electrons. The van der Waals surface area contributed by atoms with Crippen molar-refractivity contribution in [3.63, 3.8) is 0 Å². The van der Waals surface area contributed by atoms with Gasteiger partial charge in [0.25, 0.3) is 0 Å². The van der Waals surface area contributed by atoms with Gasteiger partial charge in [0.15, 0.2) is 5.13 Å². The van der Waals surface area contributed by atoms with Crippen LogP contribution in [0.4, 0.5) is 14.3 Å². The maximum atomic E-state index is 13.8. The van der Waals surface area contributed by atoms with E-state index in [9.17, 15) is 14.0 Å². The molecule has 0 aliphatic carbocycles. The molecule has 1 heterocycles. The number of carbonyl (C=O) groups is 2. The van der Waals surface area contributed by atoms with Gasteiger partial charge in [0.1, 0.15) is 11.6 Å². The number of ether oxygens (including phenoxy) is 1. The molecule has 1 atom stereocenters. The highest BCUT2D eigenvalue weighted by Crippen LogP contribution is 2.34. The van der Waals surface area contributed by atoms with Gasteiger partial charge in [-0.05, 0) is 38.5 Å². The zero-order valence-corrected chi connectivity index (χ0v) is 15.4. The summed E-state index contributed by atoms with van der Waals surface area (Å²) >= 11 is 1.25. The lowest BCUT2D eigenvalue weighted by Crippen LogP contribution is -2.45. The number of anilines is 1. The number of hydrogen-bond donors (Lipinski definition) is 3. The van der Waals surface area contributed by atoms with Gasteiger partial charge in [0.2, 0.25) is 5.91 Å². The number of methoxy groups -OCH3 is 1. The molecule has 2 rings (SSSR count). The van der Waals surface area contributed by atoms with Gasteiger partial charge in [-0.1, -0.05) is 0 Å². The standard InChI is InChI=1S/C17H20FN3O4S/c1-17(2,21-16(23)24)9-12(14(22)20-15-19-6-7-26-15)11-8-10(18)4-5-13(11)25-3/h4-8,12,21H,9H2,1-3H3,(H,23,24)(H,19,20,22). The van der Waals surface area contributed by atoms with Crippen LogP contribution < -0.4 is 15.4 Å². The van der Waals surface area contributed by atoms with Crippen LogP contribution in [-0.2, 0) is 4.79 Å². The van der Waals surface area contributed by atoms with Crippen LogP contribution >= 0.6 is 11.3 Å². The summed E-state index contributed by atoms with van der Waals surface area (Å²) in [6, 6.07) is 3.90. The summed E-state index contributed by atoms with van der Waals surface area (Å²) in [6.45, 7) is 3.30. The number of carbonyl (C=O) groups excluding carboxylic acids is 1. The number of nitrogens with zero attached hydrogens (tertiary/aromatic N) is 1. The molecule has 1 unspecified atom stereocenters. The van der Waals surface area contributed by atoms with E-state index in [1.807, 2.05) is 0 Å². The van der Waals surface area contributed by atoms with Gasteiger partial charge in [-0.15, -0.1) is 11.3 Å². The second kappa shape index (κ2) is 8.13. The maximum absolute atomic E-state index is 13.8. The summed E-state index contributed by atoms with van der Waals surface area (Å²) in [5.41, 5.74) is -0.601. The summed E-state index contributed by atoms with van der Waals surface area (Å²) in [5.74, 6) is -1.45. The highest BCUT2D eigenvalue weighted by molar-refractivity contribution is 7.13. The van der Waals surface area contributed by atoms with Crippen LogP contribution in [0.5, 0.6) is 5.75 Å². The molecule has 0 spiro atoms. The molecule has 1 aromatic heterocycles. The zero-order valence-electron chi connectivity index (χ0n) is 14.6. The quantitative estimate of drug-likeness (QED) is 0.682. The van der Waals surface area contributed by atoms with Crippen LogP contribution in [0.3, 0.4) is 0 Å². The molecule has 1 aromatic carbocycles. The molecule has 0 saturated heterocycles. The normalized spacial score (nSPS) is 12.3. The van der Waals surface area contributed by atoms with Crippen LogP contribution in [0.1, 0.15) is 31.7 Å². The number of amides is 2. The summed E-state index contributed by atoms with van der Waals surface area (Å²) in [4.78, 5) is 27.9. The second-order valence-corrected chi connectivity index (χ2v) is 7.18. The van der Waals surface area contributed by atoms with Gasteiger partial charge >= 0.3 is 6.09 Å². The molecule has 9 heteroatoms. The molecule has 0 aliphatic rings. The van der Waals surface area contributed by atoms with Crippen molar-refractivity contribution in [3.8, 4) is 5.75 Å². The van der Waals surface area contributed by atoms with Crippen molar-refractivity contribution >= 4 is 28.5 Å². The Morgan fingerprint density at radius 1 is 1.42 bits per heavy atom. The van der Waals surface area contributed by atoms with Crippen molar-refractivity contribution < 1.29 is 23.8 Å². The average Bonchev–Trinajstić information content (AvgIpc) is 3.04. The van der Waals surface area contributed by atoms with E-state index in [4.69, 9.17) is 9.84 Å². The smallest absolute Gasteiger partial charge is 0.405 e. The number of nitrogens with one attached hydrogen (secondary N) is 2. The molecule has 0 radical (unpaired) electrons. The van der Waals surface area contributed by atoms with E-state index < -0.39 is 29.3 Å². The Morgan fingerprint density at radius 2 is 2.15 bits per heavy atom. The molecule has 7 nitrogen and oxygen atoms in total. The van der Waals surface area contributed by atoms with E-state index in [0.717, 1.165) is 0 Å². The molecule has 3 N–H and O–H groups in total. The Labute approximate surface area is 154 Å². The molecule has 26 heavy (non-hydrogen) atoms. The van der Waals surface area contributed by atoms with E-state index in [2.05, 4.69) is 15.6 Å². The zero-order chi connectivity index (χ0) is 19.3. The topological polar surface area (TPSA) is 101 Å². The molecule has 2 amide bonds. The molecule has 0 saturated carbocycles. The maximum Gasteiger partial charge on any atom is 0.405 e. The van der Waals surface area contributed by atoms with Crippen molar-refractivity contribution in [2.24, 2.45) is 0 Å². The van der Waals surface area contributed by atoms with Crippen molar-refractivity contribution in [2.45, 2.75) is 31.7 Å². The number of carboxylic acid groups (broad SMARTS) is 1. The minimum absolute atomic E-state index is 0.0936. The largest absolute Gasteiger partial charge is 0.496 e. The molecule has 2 aromatic rings. The van der Waals surface area contributed by atoms with Crippen LogP contribution in [0.2, 0.25) is 0 Å². The first-order chi connectivity index (χ1) is 12.2. The van der Waals surface area contributed by atoms with Crippen molar-refractivity contribution in [2.75, 3.05) is 12.4 Å². The van der Waals surface area contributed by atoms with E-state index in [0.29, 0.717) is 16.4 Å².